The number of ether oxygens (including phenoxy) is 5. The lowest BCUT2D eigenvalue weighted by molar-refractivity contribution is -0.138. The third-order valence-electron chi connectivity index (χ3n) is 4.72. The van der Waals surface area contributed by atoms with E-state index >= 15 is 0 Å². The molecule has 2 rings (SSSR count). The maximum absolute atomic E-state index is 11.6. The smallest absolute Gasteiger partial charge is 0.446 e. The summed E-state index contributed by atoms with van der Waals surface area (Å²) in [5.41, 5.74) is 12.1. The summed E-state index contributed by atoms with van der Waals surface area (Å²) in [4.78, 5) is 14.2. The average molecular weight is 414 g/mol. The number of hydrogen-bond donors (Lipinski definition) is 0. The second-order valence-corrected chi connectivity index (χ2v) is 6.44. The minimum atomic E-state index is -0.472. The van der Waals surface area contributed by atoms with E-state index in [-0.39, 0.29) is 6.42 Å². The van der Waals surface area contributed by atoms with Crippen LogP contribution in [0.5, 0.6) is 23.0 Å². The lowest BCUT2D eigenvalue weighted by Crippen LogP contribution is -2.06. The minimum absolute atomic E-state index is 0.169. The Morgan fingerprint density at radius 3 is 2.17 bits per heavy atom. The van der Waals surface area contributed by atoms with Crippen LogP contribution in [0.15, 0.2) is 24.3 Å². The van der Waals surface area contributed by atoms with Crippen molar-refractivity contribution in [3.05, 3.63) is 52.1 Å². The SMILES string of the molecule is COc1c(C)c(Cc2cccc(CCC(=O)OC=[N+]=[N-])c2)c(OC)c(OC)c1OC. The van der Waals surface area contributed by atoms with Gasteiger partial charge in [-0.2, -0.15) is 0 Å². The van der Waals surface area contributed by atoms with Gasteiger partial charge in [0.2, 0.25) is 11.5 Å². The molecule has 8 nitrogen and oxygen atoms in total. The van der Waals surface area contributed by atoms with Gasteiger partial charge in [-0.25, -0.2) is 0 Å². The van der Waals surface area contributed by atoms with Crippen molar-refractivity contribution in [2.75, 3.05) is 28.4 Å². The number of carbonyl (C=O) groups is 1. The highest BCUT2D eigenvalue weighted by Gasteiger charge is 2.25. The Kier molecular flexibility index (Phi) is 8.26. The Bertz CT molecular complexity index is 951. The average Bonchev–Trinajstić information content (AvgIpc) is 2.77. The summed E-state index contributed by atoms with van der Waals surface area (Å²) in [6.45, 7) is 1.95. The van der Waals surface area contributed by atoms with Crippen LogP contribution in [-0.2, 0) is 22.4 Å². The normalized spacial score (nSPS) is 10.0. The lowest BCUT2D eigenvalue weighted by Gasteiger charge is -2.21. The van der Waals surface area contributed by atoms with Crippen LogP contribution in [0.4, 0.5) is 0 Å². The van der Waals surface area contributed by atoms with Crippen LogP contribution in [-0.4, -0.2) is 45.6 Å². The number of esters is 1. The van der Waals surface area contributed by atoms with Crippen molar-refractivity contribution in [1.29, 1.82) is 0 Å². The molecule has 2 aromatic carbocycles. The molecule has 0 saturated carbocycles. The van der Waals surface area contributed by atoms with Gasteiger partial charge in [0.25, 0.3) is 0 Å². The van der Waals surface area contributed by atoms with E-state index in [4.69, 9.17) is 24.5 Å². The van der Waals surface area contributed by atoms with Gasteiger partial charge < -0.3 is 29.2 Å². The summed E-state index contributed by atoms with van der Waals surface area (Å²) >= 11 is 0. The van der Waals surface area contributed by atoms with Gasteiger partial charge in [0.1, 0.15) is 0 Å². The van der Waals surface area contributed by atoms with Crippen LogP contribution in [0.25, 0.3) is 5.53 Å². The van der Waals surface area contributed by atoms with Crippen molar-refractivity contribution in [1.82, 2.24) is 0 Å². The number of methoxy groups -OCH3 is 4. The molecule has 0 fully saturated rings. The highest BCUT2D eigenvalue weighted by molar-refractivity contribution is 5.76. The molecule has 0 aliphatic rings. The highest BCUT2D eigenvalue weighted by Crippen LogP contribution is 2.49. The van der Waals surface area contributed by atoms with Crippen molar-refractivity contribution < 1.29 is 33.3 Å². The zero-order valence-corrected chi connectivity index (χ0v) is 17.9. The van der Waals surface area contributed by atoms with E-state index in [9.17, 15) is 4.79 Å². The fourth-order valence-corrected chi connectivity index (χ4v) is 3.35. The minimum Gasteiger partial charge on any atom is -0.492 e. The van der Waals surface area contributed by atoms with Crippen molar-refractivity contribution in [2.45, 2.75) is 26.2 Å². The van der Waals surface area contributed by atoms with Crippen LogP contribution in [0.2, 0.25) is 0 Å². The molecule has 30 heavy (non-hydrogen) atoms. The standard InChI is InChI=1S/C22H26N2O6/c1-14-17(20(27-3)22(29-5)21(28-4)19(14)26-2)12-16-8-6-7-15(11-16)9-10-18(25)30-13-24-23/h6-8,11,13H,9-10,12H2,1-5H3. The van der Waals surface area contributed by atoms with Gasteiger partial charge in [-0.15, -0.1) is 4.79 Å². The van der Waals surface area contributed by atoms with Crippen molar-refractivity contribution in [3.8, 4) is 23.0 Å². The summed E-state index contributed by atoms with van der Waals surface area (Å²) in [6, 6.07) is 7.90. The molecule has 0 aromatic heterocycles. The lowest BCUT2D eigenvalue weighted by atomic mass is 9.95. The molecular formula is C22H26N2O6. The molecule has 0 atom stereocenters. The predicted octanol–water partition coefficient (Wildman–Crippen LogP) is 3.35. The second-order valence-electron chi connectivity index (χ2n) is 6.44. The van der Waals surface area contributed by atoms with Crippen LogP contribution in [0, 0.1) is 6.92 Å². The van der Waals surface area contributed by atoms with E-state index in [1.54, 1.807) is 28.4 Å². The first-order valence-corrected chi connectivity index (χ1v) is 9.29. The Labute approximate surface area is 175 Å². The molecule has 0 bridgehead atoms. The summed E-state index contributed by atoms with van der Waals surface area (Å²) in [5.74, 6) is 1.67. The first kappa shape index (κ1) is 22.8. The second kappa shape index (κ2) is 10.9. The molecule has 160 valence electrons. The molecule has 8 heteroatoms. The largest absolute Gasteiger partial charge is 0.492 e. The summed E-state index contributed by atoms with van der Waals surface area (Å²) in [5, 5.41) is 0. The summed E-state index contributed by atoms with van der Waals surface area (Å²) in [7, 11) is 6.28. The maximum Gasteiger partial charge on any atom is 0.446 e. The molecule has 0 aliphatic carbocycles. The van der Waals surface area contributed by atoms with Gasteiger partial charge in [0.05, 0.1) is 34.9 Å². The van der Waals surface area contributed by atoms with E-state index in [0.29, 0.717) is 42.2 Å². The van der Waals surface area contributed by atoms with Gasteiger partial charge in [0, 0.05) is 17.5 Å². The first-order chi connectivity index (χ1) is 14.5. The quantitative estimate of drug-likeness (QED) is 0.194. The molecule has 0 heterocycles. The van der Waals surface area contributed by atoms with E-state index in [1.165, 1.54) is 0 Å². The Morgan fingerprint density at radius 2 is 1.57 bits per heavy atom. The van der Waals surface area contributed by atoms with Crippen LogP contribution in [0.3, 0.4) is 0 Å². The van der Waals surface area contributed by atoms with Crippen LogP contribution < -0.4 is 18.9 Å². The van der Waals surface area contributed by atoms with Crippen molar-refractivity contribution >= 4 is 12.4 Å². The molecule has 0 unspecified atom stereocenters. The molecule has 0 N–H and O–H groups in total. The third kappa shape index (κ3) is 5.10. The topological polar surface area (TPSA) is 99.6 Å². The van der Waals surface area contributed by atoms with Gasteiger partial charge >= 0.3 is 12.4 Å². The molecule has 2 aromatic rings. The summed E-state index contributed by atoms with van der Waals surface area (Å²) < 4.78 is 26.9. The number of carbonyl (C=O) groups excluding carboxylic acids is 1. The van der Waals surface area contributed by atoms with Crippen LogP contribution >= 0.6 is 0 Å². The fraction of sp³-hybridized carbons (Fsp3) is 0.364. The Hall–Kier alpha value is -3.51. The molecule has 0 aliphatic heterocycles. The maximum atomic E-state index is 11.6. The number of rotatable bonds is 10. The Morgan fingerprint density at radius 1 is 0.967 bits per heavy atom. The van der Waals surface area contributed by atoms with Gasteiger partial charge in [-0.3, -0.25) is 4.79 Å². The molecule has 0 amide bonds. The Balaban J connectivity index is 2.36. The first-order valence-electron chi connectivity index (χ1n) is 9.29. The molecule has 0 spiro atoms. The monoisotopic (exact) mass is 414 g/mol. The van der Waals surface area contributed by atoms with E-state index in [1.807, 2.05) is 31.2 Å². The van der Waals surface area contributed by atoms with Crippen molar-refractivity contribution in [3.63, 3.8) is 0 Å². The van der Waals surface area contributed by atoms with Gasteiger partial charge in [0.15, 0.2) is 11.5 Å². The zero-order valence-electron chi connectivity index (χ0n) is 17.9. The highest BCUT2D eigenvalue weighted by atomic mass is 16.5. The molecule has 0 saturated heterocycles. The zero-order chi connectivity index (χ0) is 22.1. The van der Waals surface area contributed by atoms with E-state index < -0.39 is 5.97 Å². The third-order valence-corrected chi connectivity index (χ3v) is 4.72. The van der Waals surface area contributed by atoms with Gasteiger partial charge in [-0.05, 0) is 24.5 Å². The fourth-order valence-electron chi connectivity index (χ4n) is 3.35. The van der Waals surface area contributed by atoms with Crippen molar-refractivity contribution in [2.24, 2.45) is 0 Å². The predicted molar refractivity (Wildman–Crippen MR) is 111 cm³/mol. The van der Waals surface area contributed by atoms with E-state index in [0.717, 1.165) is 22.3 Å². The number of aryl methyl sites for hydroxylation is 1. The number of nitrogens with zero attached hydrogens (tertiary/aromatic N) is 2. The summed E-state index contributed by atoms with van der Waals surface area (Å²) in [6.07, 6.45) is 1.94. The van der Waals surface area contributed by atoms with Crippen LogP contribution in [0.1, 0.15) is 28.7 Å². The molecule has 0 radical (unpaired) electrons. The van der Waals surface area contributed by atoms with E-state index in [2.05, 4.69) is 9.53 Å². The number of hydrogen-bond acceptors (Lipinski definition) is 6. The number of benzene rings is 2. The molecular weight excluding hydrogens is 388 g/mol. The van der Waals surface area contributed by atoms with Gasteiger partial charge in [-0.1, -0.05) is 24.3 Å².